The summed E-state index contributed by atoms with van der Waals surface area (Å²) in [4.78, 5) is 21.9. The van der Waals surface area contributed by atoms with Crippen LogP contribution in [0.1, 0.15) is 37.5 Å². The van der Waals surface area contributed by atoms with Crippen LogP contribution in [-0.2, 0) is 4.79 Å². The smallest absolute Gasteiger partial charge is 0.225 e. The Kier molecular flexibility index (Phi) is 5.07. The number of amides is 1. The molecule has 0 aliphatic carbocycles. The third-order valence-electron chi connectivity index (χ3n) is 5.64. The van der Waals surface area contributed by atoms with Crippen molar-refractivity contribution in [2.24, 2.45) is 10.9 Å². The standard InChI is InChI=1S/C24H29N3O2/c1-15(2)24(28)27-11-10-26(14-18(27)5)23-19-12-16(3)7-9-21(19)29-22-13-17(4)6-8-20(22)25-23/h6-9,12-13,15,18H,10-11,14H2,1-5H3. The van der Waals surface area contributed by atoms with Gasteiger partial charge in [0.05, 0.1) is 5.56 Å². The number of carbonyl (C=O) groups excluding carboxylic acids is 1. The van der Waals surface area contributed by atoms with Crippen molar-refractivity contribution in [3.05, 3.63) is 53.1 Å². The van der Waals surface area contributed by atoms with Crippen molar-refractivity contribution in [2.75, 3.05) is 19.6 Å². The Hall–Kier alpha value is -2.82. The lowest BCUT2D eigenvalue weighted by Crippen LogP contribution is -2.56. The van der Waals surface area contributed by atoms with Gasteiger partial charge in [-0.1, -0.05) is 31.5 Å². The zero-order valence-corrected chi connectivity index (χ0v) is 17.9. The quantitative estimate of drug-likeness (QED) is 0.709. The van der Waals surface area contributed by atoms with Crippen LogP contribution in [0.25, 0.3) is 0 Å². The molecule has 4 rings (SSSR count). The topological polar surface area (TPSA) is 45.1 Å². The summed E-state index contributed by atoms with van der Waals surface area (Å²) in [6.07, 6.45) is 0. The van der Waals surface area contributed by atoms with Gasteiger partial charge in [-0.3, -0.25) is 4.79 Å². The van der Waals surface area contributed by atoms with E-state index in [2.05, 4.69) is 43.9 Å². The SMILES string of the molecule is Cc1ccc2c(c1)Oc1ccc(C)cc1C(N1CCN(C(=O)C(C)C)C(C)C1)=N2. The van der Waals surface area contributed by atoms with E-state index >= 15 is 0 Å². The number of piperazine rings is 1. The van der Waals surface area contributed by atoms with E-state index in [9.17, 15) is 4.79 Å². The molecule has 0 aromatic heterocycles. The number of hydrogen-bond donors (Lipinski definition) is 0. The van der Waals surface area contributed by atoms with Crippen LogP contribution >= 0.6 is 0 Å². The van der Waals surface area contributed by atoms with Gasteiger partial charge < -0.3 is 14.5 Å². The molecule has 2 aliphatic heterocycles. The van der Waals surface area contributed by atoms with Crippen LogP contribution in [0.2, 0.25) is 0 Å². The molecule has 0 bridgehead atoms. The molecule has 1 unspecified atom stereocenters. The van der Waals surface area contributed by atoms with E-state index in [1.165, 1.54) is 5.56 Å². The van der Waals surface area contributed by atoms with Gasteiger partial charge in [-0.05, 0) is 50.6 Å². The number of aryl methyl sites for hydroxylation is 2. The minimum Gasteiger partial charge on any atom is -0.454 e. The summed E-state index contributed by atoms with van der Waals surface area (Å²) in [5.41, 5.74) is 4.16. The van der Waals surface area contributed by atoms with Crippen molar-refractivity contribution in [1.29, 1.82) is 0 Å². The molecular formula is C24H29N3O2. The highest BCUT2D eigenvalue weighted by Crippen LogP contribution is 2.39. The van der Waals surface area contributed by atoms with E-state index in [4.69, 9.17) is 9.73 Å². The number of aliphatic imine (C=N–C) groups is 1. The number of fused-ring (bicyclic) bond motifs is 2. The number of carbonyl (C=O) groups is 1. The Bertz CT molecular complexity index is 980. The summed E-state index contributed by atoms with van der Waals surface area (Å²) in [6.45, 7) is 12.4. The van der Waals surface area contributed by atoms with E-state index in [-0.39, 0.29) is 17.9 Å². The number of ether oxygens (including phenoxy) is 1. The van der Waals surface area contributed by atoms with Crippen LogP contribution in [-0.4, -0.2) is 47.2 Å². The van der Waals surface area contributed by atoms with Gasteiger partial charge in [-0.15, -0.1) is 0 Å². The van der Waals surface area contributed by atoms with Gasteiger partial charge >= 0.3 is 0 Å². The molecule has 152 valence electrons. The normalized spacial score (nSPS) is 18.6. The third-order valence-corrected chi connectivity index (χ3v) is 5.64. The first kappa shape index (κ1) is 19.5. The summed E-state index contributed by atoms with van der Waals surface area (Å²) >= 11 is 0. The van der Waals surface area contributed by atoms with Crippen molar-refractivity contribution >= 4 is 17.4 Å². The summed E-state index contributed by atoms with van der Waals surface area (Å²) in [5.74, 6) is 2.78. The molecule has 0 saturated carbocycles. The second kappa shape index (κ2) is 7.54. The minimum atomic E-state index is 0.0195. The van der Waals surface area contributed by atoms with Gasteiger partial charge in [0.25, 0.3) is 0 Å². The van der Waals surface area contributed by atoms with E-state index in [1.54, 1.807) is 0 Å². The minimum absolute atomic E-state index is 0.0195. The lowest BCUT2D eigenvalue weighted by molar-refractivity contribution is -0.138. The Balaban J connectivity index is 1.73. The maximum Gasteiger partial charge on any atom is 0.225 e. The molecule has 29 heavy (non-hydrogen) atoms. The van der Waals surface area contributed by atoms with E-state index < -0.39 is 0 Å². The lowest BCUT2D eigenvalue weighted by Gasteiger charge is -2.42. The van der Waals surface area contributed by atoms with Crippen molar-refractivity contribution < 1.29 is 9.53 Å². The maximum absolute atomic E-state index is 12.5. The van der Waals surface area contributed by atoms with Gasteiger partial charge in [0.2, 0.25) is 5.91 Å². The summed E-state index contributed by atoms with van der Waals surface area (Å²) < 4.78 is 6.27. The van der Waals surface area contributed by atoms with Gasteiger partial charge in [-0.2, -0.15) is 0 Å². The highest BCUT2D eigenvalue weighted by atomic mass is 16.5. The molecular weight excluding hydrogens is 362 g/mol. The second-order valence-corrected chi connectivity index (χ2v) is 8.49. The predicted molar refractivity (Wildman–Crippen MR) is 116 cm³/mol. The third kappa shape index (κ3) is 3.74. The number of hydrogen-bond acceptors (Lipinski definition) is 4. The van der Waals surface area contributed by atoms with Crippen LogP contribution in [0.3, 0.4) is 0 Å². The summed E-state index contributed by atoms with van der Waals surface area (Å²) in [6, 6.07) is 12.5. The molecule has 0 N–H and O–H groups in total. The van der Waals surface area contributed by atoms with Crippen LogP contribution in [0.15, 0.2) is 41.4 Å². The molecule has 0 radical (unpaired) electrons. The lowest BCUT2D eigenvalue weighted by atomic mass is 10.1. The van der Waals surface area contributed by atoms with Crippen molar-refractivity contribution in [3.8, 4) is 11.5 Å². The molecule has 2 heterocycles. The molecule has 1 fully saturated rings. The van der Waals surface area contributed by atoms with E-state index in [1.807, 2.05) is 36.9 Å². The average molecular weight is 392 g/mol. The second-order valence-electron chi connectivity index (χ2n) is 8.49. The van der Waals surface area contributed by atoms with Gasteiger partial charge in [0.1, 0.15) is 17.3 Å². The average Bonchev–Trinajstić information content (AvgIpc) is 2.83. The fraction of sp³-hybridized carbons (Fsp3) is 0.417. The zero-order valence-electron chi connectivity index (χ0n) is 17.9. The fourth-order valence-electron chi connectivity index (χ4n) is 4.05. The Morgan fingerprint density at radius 2 is 1.79 bits per heavy atom. The zero-order chi connectivity index (χ0) is 20.7. The largest absolute Gasteiger partial charge is 0.454 e. The Morgan fingerprint density at radius 1 is 1.07 bits per heavy atom. The van der Waals surface area contributed by atoms with E-state index in [0.29, 0.717) is 6.54 Å². The van der Waals surface area contributed by atoms with Gasteiger partial charge in [0.15, 0.2) is 5.75 Å². The highest BCUT2D eigenvalue weighted by molar-refractivity contribution is 6.04. The first-order valence-corrected chi connectivity index (χ1v) is 10.4. The molecule has 1 atom stereocenters. The molecule has 0 spiro atoms. The van der Waals surface area contributed by atoms with E-state index in [0.717, 1.165) is 47.2 Å². The molecule has 2 aromatic carbocycles. The predicted octanol–water partition coefficient (Wildman–Crippen LogP) is 4.68. The number of amidine groups is 1. The van der Waals surface area contributed by atoms with Crippen LogP contribution in [0, 0.1) is 19.8 Å². The van der Waals surface area contributed by atoms with Crippen molar-refractivity contribution in [2.45, 2.75) is 40.7 Å². The molecule has 2 aliphatic rings. The highest BCUT2D eigenvalue weighted by Gasteiger charge is 2.32. The first-order valence-electron chi connectivity index (χ1n) is 10.4. The van der Waals surface area contributed by atoms with Crippen LogP contribution in [0.4, 0.5) is 5.69 Å². The molecule has 5 nitrogen and oxygen atoms in total. The Morgan fingerprint density at radius 3 is 2.52 bits per heavy atom. The summed E-state index contributed by atoms with van der Waals surface area (Å²) in [5, 5.41) is 0. The van der Waals surface area contributed by atoms with Crippen molar-refractivity contribution in [1.82, 2.24) is 9.80 Å². The molecule has 1 amide bonds. The summed E-state index contributed by atoms with van der Waals surface area (Å²) in [7, 11) is 0. The van der Waals surface area contributed by atoms with Crippen LogP contribution < -0.4 is 4.74 Å². The maximum atomic E-state index is 12.5. The first-order chi connectivity index (χ1) is 13.8. The number of nitrogens with zero attached hydrogens (tertiary/aromatic N) is 3. The molecule has 1 saturated heterocycles. The van der Waals surface area contributed by atoms with Crippen molar-refractivity contribution in [3.63, 3.8) is 0 Å². The number of rotatable bonds is 1. The van der Waals surface area contributed by atoms with Crippen LogP contribution in [0.5, 0.6) is 11.5 Å². The number of benzene rings is 2. The molecule has 2 aromatic rings. The molecule has 5 heteroatoms. The Labute approximate surface area is 173 Å². The monoisotopic (exact) mass is 391 g/mol. The van der Waals surface area contributed by atoms with Gasteiger partial charge in [-0.25, -0.2) is 4.99 Å². The fourth-order valence-corrected chi connectivity index (χ4v) is 4.05. The van der Waals surface area contributed by atoms with Gasteiger partial charge in [0, 0.05) is 31.6 Å².